The molecule has 8 rings (SSSR count). The smallest absolute Gasteiger partial charge is 0.261 e. The predicted molar refractivity (Wildman–Crippen MR) is 248 cm³/mol. The van der Waals surface area contributed by atoms with E-state index >= 15 is 0 Å². The summed E-state index contributed by atoms with van der Waals surface area (Å²) in [6.07, 6.45) is 5.03. The van der Waals surface area contributed by atoms with Crippen molar-refractivity contribution in [1.29, 1.82) is 0 Å². The number of hydrogen-bond donors (Lipinski definition) is 3. The fourth-order valence-electron chi connectivity index (χ4n) is 9.33. The summed E-state index contributed by atoms with van der Waals surface area (Å²) in [5, 5.41) is 6.53. The Labute approximate surface area is 369 Å². The zero-order valence-corrected chi connectivity index (χ0v) is 37.8. The molecule has 12 nitrogen and oxygen atoms in total. The number of thiol groups is 1. The third kappa shape index (κ3) is 8.82. The van der Waals surface area contributed by atoms with E-state index in [4.69, 9.17) is 23.9 Å². The topological polar surface area (TPSA) is 131 Å². The molecule has 4 aromatic carbocycles. The number of ether oxygens (including phenoxy) is 4. The Morgan fingerprint density at radius 1 is 0.790 bits per heavy atom. The van der Waals surface area contributed by atoms with E-state index in [0.29, 0.717) is 84.5 Å². The van der Waals surface area contributed by atoms with Crippen LogP contribution in [0.15, 0.2) is 71.7 Å². The number of benzene rings is 4. The quantitative estimate of drug-likeness (QED) is 0.107. The van der Waals surface area contributed by atoms with Gasteiger partial charge in [0.15, 0.2) is 23.0 Å². The van der Waals surface area contributed by atoms with Crippen molar-refractivity contribution < 1.29 is 33.3 Å². The molecule has 2 N–H and O–H groups in total. The van der Waals surface area contributed by atoms with Gasteiger partial charge in [0, 0.05) is 59.5 Å². The molecule has 0 fully saturated rings. The van der Waals surface area contributed by atoms with Crippen molar-refractivity contribution in [2.24, 2.45) is 15.8 Å². The number of carbonyl (C=O) groups excluding carboxylic acids is 3. The van der Waals surface area contributed by atoms with Crippen LogP contribution in [-0.4, -0.2) is 74.7 Å². The number of carbonyl (C=O) groups is 3. The lowest BCUT2D eigenvalue weighted by molar-refractivity contribution is -0.116. The Morgan fingerprint density at radius 2 is 1.44 bits per heavy atom. The molecule has 2 atom stereocenters. The summed E-state index contributed by atoms with van der Waals surface area (Å²) >= 11 is 4.54. The predicted octanol–water partition coefficient (Wildman–Crippen LogP) is 9.32. The Morgan fingerprint density at radius 3 is 2.13 bits per heavy atom. The molecular formula is C49H57N5O7S. The summed E-state index contributed by atoms with van der Waals surface area (Å²) < 4.78 is 24.3. The minimum atomic E-state index is -0.293. The van der Waals surface area contributed by atoms with Gasteiger partial charge in [-0.15, -0.1) is 0 Å². The Kier molecular flexibility index (Phi) is 11.5. The first-order valence-corrected chi connectivity index (χ1v) is 21.8. The number of aliphatic imine (C=N–C) groups is 1. The van der Waals surface area contributed by atoms with Crippen LogP contribution in [-0.2, 0) is 17.6 Å². The van der Waals surface area contributed by atoms with Crippen LogP contribution in [0.5, 0.6) is 23.0 Å². The van der Waals surface area contributed by atoms with Gasteiger partial charge in [-0.1, -0.05) is 59.7 Å². The molecule has 3 amide bonds. The van der Waals surface area contributed by atoms with E-state index in [1.165, 1.54) is 0 Å². The summed E-state index contributed by atoms with van der Waals surface area (Å²) in [5.74, 6) is 1.73. The van der Waals surface area contributed by atoms with E-state index in [9.17, 15) is 14.4 Å². The van der Waals surface area contributed by atoms with Crippen LogP contribution in [0.2, 0.25) is 0 Å². The molecule has 0 spiro atoms. The van der Waals surface area contributed by atoms with Crippen molar-refractivity contribution in [2.45, 2.75) is 90.5 Å². The van der Waals surface area contributed by atoms with E-state index in [0.717, 1.165) is 41.0 Å². The summed E-state index contributed by atoms with van der Waals surface area (Å²) in [6.45, 7) is 13.9. The lowest BCUT2D eigenvalue weighted by Gasteiger charge is -2.35. The molecule has 62 heavy (non-hydrogen) atoms. The second-order valence-corrected chi connectivity index (χ2v) is 20.3. The van der Waals surface area contributed by atoms with Crippen LogP contribution >= 0.6 is 12.6 Å². The van der Waals surface area contributed by atoms with Gasteiger partial charge in [0.05, 0.1) is 62.0 Å². The van der Waals surface area contributed by atoms with Crippen LogP contribution < -0.4 is 39.4 Å². The molecule has 4 heterocycles. The maximum atomic E-state index is 14.2. The van der Waals surface area contributed by atoms with Crippen LogP contribution in [0.25, 0.3) is 0 Å². The second kappa shape index (κ2) is 16.5. The molecular weight excluding hydrogens is 803 g/mol. The minimum Gasteiger partial charge on any atom is -0.493 e. The highest BCUT2D eigenvalue weighted by Gasteiger charge is 2.40. The Bertz CT molecular complexity index is 2460. The van der Waals surface area contributed by atoms with E-state index in [2.05, 4.69) is 57.0 Å². The van der Waals surface area contributed by atoms with E-state index in [1.54, 1.807) is 32.4 Å². The van der Waals surface area contributed by atoms with Gasteiger partial charge in [-0.3, -0.25) is 24.3 Å². The molecule has 0 radical (unpaired) electrons. The molecule has 0 saturated carbocycles. The number of amides is 3. The number of para-hydroxylation sites is 1. The molecule has 4 aromatic rings. The molecule has 4 aliphatic rings. The lowest BCUT2D eigenvalue weighted by atomic mass is 9.76. The van der Waals surface area contributed by atoms with Crippen molar-refractivity contribution in [1.82, 2.24) is 0 Å². The zero-order valence-electron chi connectivity index (χ0n) is 36.9. The van der Waals surface area contributed by atoms with Gasteiger partial charge < -0.3 is 34.5 Å². The van der Waals surface area contributed by atoms with Gasteiger partial charge in [-0.25, -0.2) is 0 Å². The number of nitrogens with zero attached hydrogens (tertiary/aromatic N) is 3. The van der Waals surface area contributed by atoms with Crippen LogP contribution in [0.3, 0.4) is 0 Å². The molecule has 326 valence electrons. The van der Waals surface area contributed by atoms with Gasteiger partial charge in [-0.2, -0.15) is 12.6 Å². The number of hydrogen-bond acceptors (Lipinski definition) is 10. The molecule has 0 saturated heterocycles. The molecule has 0 bridgehead atoms. The van der Waals surface area contributed by atoms with Gasteiger partial charge in [0.2, 0.25) is 5.91 Å². The van der Waals surface area contributed by atoms with E-state index < -0.39 is 0 Å². The summed E-state index contributed by atoms with van der Waals surface area (Å²) in [6, 6.07) is 20.7. The average Bonchev–Trinajstić information content (AvgIpc) is 3.71. The summed E-state index contributed by atoms with van der Waals surface area (Å²) in [7, 11) is 3.16. The first-order valence-electron chi connectivity index (χ1n) is 21.3. The Hall–Kier alpha value is -5.69. The fourth-order valence-corrected chi connectivity index (χ4v) is 9.44. The van der Waals surface area contributed by atoms with Gasteiger partial charge in [0.1, 0.15) is 0 Å². The van der Waals surface area contributed by atoms with Crippen molar-refractivity contribution in [3.63, 3.8) is 0 Å². The van der Waals surface area contributed by atoms with Gasteiger partial charge in [-0.05, 0) is 77.6 Å². The SMILES string of the molecule is COc1cc2c(cc1OCC(C)(C)CC(C)(C)COc1cc3c(cc1OC)C(=O)N1c4ccc(NC(=O)CCC(C)(C)S)cc4CC1CN3)N=CC1Cc3ccccc3N1C2=O. The monoisotopic (exact) mass is 859 g/mol. The Balaban J connectivity index is 0.912. The van der Waals surface area contributed by atoms with Crippen molar-refractivity contribution >= 4 is 65.0 Å². The van der Waals surface area contributed by atoms with Crippen molar-refractivity contribution in [3.05, 3.63) is 89.0 Å². The highest BCUT2D eigenvalue weighted by Crippen LogP contribution is 2.44. The van der Waals surface area contributed by atoms with Crippen LogP contribution in [0.4, 0.5) is 28.4 Å². The van der Waals surface area contributed by atoms with Gasteiger partial charge in [0.25, 0.3) is 11.8 Å². The van der Waals surface area contributed by atoms with Crippen molar-refractivity contribution in [2.75, 3.05) is 54.4 Å². The normalized spacial score (nSPS) is 17.7. The first kappa shape index (κ1) is 43.0. The van der Waals surface area contributed by atoms with Gasteiger partial charge >= 0.3 is 0 Å². The highest BCUT2D eigenvalue weighted by atomic mass is 32.1. The average molecular weight is 860 g/mol. The zero-order chi connectivity index (χ0) is 44.1. The number of rotatable bonds is 14. The van der Waals surface area contributed by atoms with Crippen molar-refractivity contribution in [3.8, 4) is 23.0 Å². The molecule has 4 aliphatic heterocycles. The first-order chi connectivity index (χ1) is 29.4. The number of fused-ring (bicyclic) bond motifs is 8. The molecule has 0 aromatic heterocycles. The summed E-state index contributed by atoms with van der Waals surface area (Å²) in [4.78, 5) is 49.2. The van der Waals surface area contributed by atoms with Crippen LogP contribution in [0.1, 0.15) is 92.6 Å². The lowest BCUT2D eigenvalue weighted by Crippen LogP contribution is -2.39. The molecule has 2 unspecified atom stereocenters. The van der Waals surface area contributed by atoms with Crippen LogP contribution in [0, 0.1) is 10.8 Å². The summed E-state index contributed by atoms with van der Waals surface area (Å²) in [5.41, 5.74) is 6.26. The third-order valence-corrected chi connectivity index (χ3v) is 12.2. The second-order valence-electron chi connectivity index (χ2n) is 19.1. The standard InChI is InChI=1S/C49H57N5O7S/c1-47(2,27-60-42-22-36-34(20-40(42)58-7)45(56)53-32(24-50-36)18-29-11-9-10-12-38(29)53)26-48(3,4)28-61-43-23-37-35(21-41(43)59-8)46(57)54-33(25-51-37)19-30-17-31(13-14-39(30)54)52-44(55)15-16-49(5,6)62/h9-14,17,20-24,32-33,51,62H,15-16,18-19,25-28H2,1-8H3,(H,52,55). The number of nitrogens with one attached hydrogen (secondary N) is 2. The van der Waals surface area contributed by atoms with E-state index in [1.807, 2.05) is 72.3 Å². The number of methoxy groups -OCH3 is 2. The maximum Gasteiger partial charge on any atom is 0.261 e. The third-order valence-electron chi connectivity index (χ3n) is 12.0. The number of anilines is 4. The highest BCUT2D eigenvalue weighted by molar-refractivity contribution is 7.81. The van der Waals surface area contributed by atoms with E-state index in [-0.39, 0.29) is 45.4 Å². The minimum absolute atomic E-state index is 0.0566. The molecule has 0 aliphatic carbocycles. The maximum absolute atomic E-state index is 14.2. The fraction of sp³-hybridized carbons (Fsp3) is 0.429. The molecule has 13 heteroatoms. The largest absolute Gasteiger partial charge is 0.493 e.